The zero-order chi connectivity index (χ0) is 12.4. The molecular weight excluding hydrogens is 222 g/mol. The highest BCUT2D eigenvalue weighted by Gasteiger charge is 2.39. The van der Waals surface area contributed by atoms with Gasteiger partial charge in [0.25, 0.3) is 0 Å². The number of hydrogen-bond acceptors (Lipinski definition) is 2. The lowest BCUT2D eigenvalue weighted by atomic mass is 9.75. The van der Waals surface area contributed by atoms with Gasteiger partial charge in [-0.1, -0.05) is 37.1 Å². The Hall–Kier alpha value is -0.860. The summed E-state index contributed by atoms with van der Waals surface area (Å²) in [6, 6.07) is 8.86. The number of fused-ring (bicyclic) bond motifs is 1. The van der Waals surface area contributed by atoms with Crippen LogP contribution in [0.15, 0.2) is 24.3 Å². The fourth-order valence-electron chi connectivity index (χ4n) is 3.53. The molecule has 2 heteroatoms. The highest BCUT2D eigenvalue weighted by molar-refractivity contribution is 5.32. The van der Waals surface area contributed by atoms with Gasteiger partial charge in [0, 0.05) is 12.5 Å². The molecule has 0 aromatic heterocycles. The molecular formula is C16H23NO. The number of rotatable bonds is 1. The number of aryl methyl sites for hydroxylation is 1. The van der Waals surface area contributed by atoms with Crippen LogP contribution in [0.1, 0.15) is 43.2 Å². The van der Waals surface area contributed by atoms with Gasteiger partial charge in [-0.2, -0.15) is 0 Å². The van der Waals surface area contributed by atoms with Gasteiger partial charge in [-0.05, 0) is 43.4 Å². The second-order valence-corrected chi connectivity index (χ2v) is 5.91. The summed E-state index contributed by atoms with van der Waals surface area (Å²) in [6.45, 7) is 1.06. The Kier molecular flexibility index (Phi) is 3.40. The molecule has 2 N–H and O–H groups in total. The molecule has 1 aromatic rings. The van der Waals surface area contributed by atoms with Crippen LogP contribution in [0.2, 0.25) is 0 Å². The molecule has 0 amide bonds. The molecule has 2 aliphatic rings. The second kappa shape index (κ2) is 5.02. The van der Waals surface area contributed by atoms with Gasteiger partial charge >= 0.3 is 0 Å². The maximum Gasteiger partial charge on any atom is 0.0843 e. The van der Waals surface area contributed by atoms with Gasteiger partial charge in [0.15, 0.2) is 0 Å². The third kappa shape index (κ3) is 2.32. The van der Waals surface area contributed by atoms with E-state index in [9.17, 15) is 5.11 Å². The summed E-state index contributed by atoms with van der Waals surface area (Å²) in [7, 11) is 0. The average Bonchev–Trinajstić information content (AvgIpc) is 2.68. The predicted octanol–water partition coefficient (Wildman–Crippen LogP) is 2.44. The van der Waals surface area contributed by atoms with Crippen molar-refractivity contribution >= 4 is 0 Å². The molecule has 1 aliphatic heterocycles. The Balaban J connectivity index is 1.79. The Morgan fingerprint density at radius 3 is 2.83 bits per heavy atom. The van der Waals surface area contributed by atoms with Crippen molar-refractivity contribution in [3.05, 3.63) is 35.4 Å². The third-order valence-electron chi connectivity index (χ3n) is 4.65. The summed E-state index contributed by atoms with van der Waals surface area (Å²) in [5, 5.41) is 14.6. The first-order chi connectivity index (χ1) is 8.78. The van der Waals surface area contributed by atoms with Crippen molar-refractivity contribution in [2.24, 2.45) is 0 Å². The lowest BCUT2D eigenvalue weighted by molar-refractivity contribution is -0.0122. The largest absolute Gasteiger partial charge is 0.388 e. The second-order valence-electron chi connectivity index (χ2n) is 5.91. The quantitative estimate of drug-likeness (QED) is 0.796. The standard InChI is InChI=1S/C16H23NO/c18-16(15-8-2-1-5-11-17-15)10-9-13-6-3-4-7-14(13)12-16/h3-4,6-7,15,17-18H,1-2,5,8-12H2. The molecule has 2 unspecified atom stereocenters. The van der Waals surface area contributed by atoms with Crippen LogP contribution in [0.4, 0.5) is 0 Å². The van der Waals surface area contributed by atoms with Crippen molar-refractivity contribution in [3.63, 3.8) is 0 Å². The van der Waals surface area contributed by atoms with Crippen LogP contribution in [-0.4, -0.2) is 23.3 Å². The maximum atomic E-state index is 11.0. The smallest absolute Gasteiger partial charge is 0.0843 e. The number of hydrogen-bond donors (Lipinski definition) is 2. The summed E-state index contributed by atoms with van der Waals surface area (Å²) in [5.41, 5.74) is 2.24. The van der Waals surface area contributed by atoms with Gasteiger partial charge in [-0.15, -0.1) is 0 Å². The summed E-state index contributed by atoms with van der Waals surface area (Å²) < 4.78 is 0. The summed E-state index contributed by atoms with van der Waals surface area (Å²) in [5.74, 6) is 0. The van der Waals surface area contributed by atoms with Gasteiger partial charge < -0.3 is 10.4 Å². The zero-order valence-corrected chi connectivity index (χ0v) is 11.0. The van der Waals surface area contributed by atoms with Crippen LogP contribution < -0.4 is 5.32 Å². The summed E-state index contributed by atoms with van der Waals surface area (Å²) in [6.07, 6.45) is 7.67. The monoisotopic (exact) mass is 245 g/mol. The van der Waals surface area contributed by atoms with Crippen molar-refractivity contribution in [2.75, 3.05) is 6.54 Å². The molecule has 0 saturated carbocycles. The first kappa shape index (κ1) is 12.2. The van der Waals surface area contributed by atoms with E-state index in [-0.39, 0.29) is 6.04 Å². The van der Waals surface area contributed by atoms with E-state index in [1.54, 1.807) is 0 Å². The minimum atomic E-state index is -0.529. The number of benzene rings is 1. The van der Waals surface area contributed by atoms with Gasteiger partial charge in [0.1, 0.15) is 0 Å². The molecule has 1 heterocycles. The number of aliphatic hydroxyl groups is 1. The molecule has 2 nitrogen and oxygen atoms in total. The molecule has 98 valence electrons. The Bertz CT molecular complexity index is 409. The van der Waals surface area contributed by atoms with E-state index in [2.05, 4.69) is 29.6 Å². The fourth-order valence-corrected chi connectivity index (χ4v) is 3.53. The molecule has 1 aromatic carbocycles. The van der Waals surface area contributed by atoms with Gasteiger partial charge in [-0.25, -0.2) is 0 Å². The molecule has 0 bridgehead atoms. The Labute approximate surface area is 109 Å². The lowest BCUT2D eigenvalue weighted by Crippen LogP contribution is -2.53. The molecule has 1 fully saturated rings. The van der Waals surface area contributed by atoms with Crippen molar-refractivity contribution in [1.82, 2.24) is 5.32 Å². The molecule has 18 heavy (non-hydrogen) atoms. The molecule has 0 spiro atoms. The zero-order valence-electron chi connectivity index (χ0n) is 11.0. The van der Waals surface area contributed by atoms with Gasteiger partial charge in [0.05, 0.1) is 5.60 Å². The van der Waals surface area contributed by atoms with E-state index in [0.717, 1.165) is 32.2 Å². The van der Waals surface area contributed by atoms with Gasteiger partial charge in [-0.3, -0.25) is 0 Å². The van der Waals surface area contributed by atoms with E-state index >= 15 is 0 Å². The van der Waals surface area contributed by atoms with E-state index in [1.807, 2.05) is 0 Å². The van der Waals surface area contributed by atoms with E-state index in [0.29, 0.717) is 0 Å². The van der Waals surface area contributed by atoms with Crippen molar-refractivity contribution in [3.8, 4) is 0 Å². The topological polar surface area (TPSA) is 32.3 Å². The summed E-state index contributed by atoms with van der Waals surface area (Å²) in [4.78, 5) is 0. The van der Waals surface area contributed by atoms with Gasteiger partial charge in [0.2, 0.25) is 0 Å². The molecule has 0 radical (unpaired) electrons. The van der Waals surface area contributed by atoms with E-state index in [4.69, 9.17) is 0 Å². The van der Waals surface area contributed by atoms with Crippen molar-refractivity contribution < 1.29 is 5.11 Å². The van der Waals surface area contributed by atoms with Crippen LogP contribution in [0, 0.1) is 0 Å². The fraction of sp³-hybridized carbons (Fsp3) is 0.625. The highest BCUT2D eigenvalue weighted by Crippen LogP contribution is 2.33. The van der Waals surface area contributed by atoms with Crippen molar-refractivity contribution in [2.45, 2.75) is 56.6 Å². The van der Waals surface area contributed by atoms with Crippen LogP contribution in [-0.2, 0) is 12.8 Å². The summed E-state index contributed by atoms with van der Waals surface area (Å²) >= 11 is 0. The van der Waals surface area contributed by atoms with Crippen molar-refractivity contribution in [1.29, 1.82) is 0 Å². The predicted molar refractivity (Wildman–Crippen MR) is 73.7 cm³/mol. The Morgan fingerprint density at radius 2 is 1.94 bits per heavy atom. The normalized spacial score (nSPS) is 32.6. The molecule has 3 rings (SSSR count). The average molecular weight is 245 g/mol. The Morgan fingerprint density at radius 1 is 1.11 bits per heavy atom. The first-order valence-electron chi connectivity index (χ1n) is 7.30. The minimum Gasteiger partial charge on any atom is -0.388 e. The van der Waals surface area contributed by atoms with Crippen LogP contribution in [0.25, 0.3) is 0 Å². The van der Waals surface area contributed by atoms with Crippen LogP contribution in [0.3, 0.4) is 0 Å². The minimum absolute atomic E-state index is 0.286. The maximum absolute atomic E-state index is 11.0. The van der Waals surface area contributed by atoms with Crippen LogP contribution >= 0.6 is 0 Å². The number of nitrogens with one attached hydrogen (secondary N) is 1. The lowest BCUT2D eigenvalue weighted by Gasteiger charge is -2.40. The molecule has 1 aliphatic carbocycles. The molecule has 2 atom stereocenters. The third-order valence-corrected chi connectivity index (χ3v) is 4.65. The van der Waals surface area contributed by atoms with Crippen LogP contribution in [0.5, 0.6) is 0 Å². The van der Waals surface area contributed by atoms with E-state index in [1.165, 1.54) is 30.4 Å². The first-order valence-corrected chi connectivity index (χ1v) is 7.30. The highest BCUT2D eigenvalue weighted by atomic mass is 16.3. The molecule has 1 saturated heterocycles. The van der Waals surface area contributed by atoms with E-state index < -0.39 is 5.60 Å². The SMILES string of the molecule is OC1(C2CCCCCN2)CCc2ccccc2C1.